The van der Waals surface area contributed by atoms with Crippen molar-refractivity contribution in [2.45, 2.75) is 101 Å². The number of hydrogen-bond donors (Lipinski definition) is 12. The van der Waals surface area contributed by atoms with E-state index in [2.05, 4.69) is 41.9 Å². The zero-order valence-corrected chi connectivity index (χ0v) is 28.8. The number of aliphatic carboxylic acids is 3. The van der Waals surface area contributed by atoms with Gasteiger partial charge in [0.25, 0.3) is 0 Å². The standard InChI is InChI=1S/C30H48N10O12/c1-15(36-27(48)18(32)6-8-23(42)43)26(47)40-21(11-17-12-33-14-35-17)28(49)34-13-22(41)38-19(5-3-4-10-31)29(50)37-16(2)25(46)39-20(30(51)52)7-9-24(44)45/h12,14-16,18-21H,3-11,13,31-32H2,1-2H3,(H,33,35)(H,34,49)(H,36,48)(H,37,50)(H,38,41)(H,39,46)(H,40,47)(H,42,43)(H,44,45)(H,51,52)/t15-,16-,18-,19-,20-,21-/m0/s1. The number of carbonyl (C=O) groups excluding carboxylic acids is 6. The van der Waals surface area contributed by atoms with Crippen molar-refractivity contribution in [2.75, 3.05) is 13.1 Å². The molecule has 0 unspecified atom stereocenters. The summed E-state index contributed by atoms with van der Waals surface area (Å²) in [6.07, 6.45) is 2.16. The molecule has 6 atom stereocenters. The monoisotopic (exact) mass is 740 g/mol. The van der Waals surface area contributed by atoms with Crippen LogP contribution in [0.2, 0.25) is 0 Å². The summed E-state index contributed by atoms with van der Waals surface area (Å²) in [6.45, 7) is 2.21. The second kappa shape index (κ2) is 23.0. The smallest absolute Gasteiger partial charge is 0.326 e. The number of unbranched alkanes of at least 4 members (excludes halogenated alkanes) is 1. The number of nitrogens with zero attached hydrogens (tertiary/aromatic N) is 1. The lowest BCUT2D eigenvalue weighted by Gasteiger charge is -2.23. The van der Waals surface area contributed by atoms with Gasteiger partial charge in [-0.3, -0.25) is 38.4 Å². The molecule has 0 spiro atoms. The van der Waals surface area contributed by atoms with E-state index in [-0.39, 0.29) is 32.2 Å². The van der Waals surface area contributed by atoms with Crippen LogP contribution in [0.15, 0.2) is 12.5 Å². The third-order valence-electron chi connectivity index (χ3n) is 7.39. The van der Waals surface area contributed by atoms with Crippen LogP contribution in [0.5, 0.6) is 0 Å². The number of nitrogens with one attached hydrogen (secondary N) is 7. The number of carbonyl (C=O) groups is 9. The highest BCUT2D eigenvalue weighted by Gasteiger charge is 2.29. The Kier molecular flexibility index (Phi) is 19.6. The molecule has 1 aromatic heterocycles. The van der Waals surface area contributed by atoms with Gasteiger partial charge in [0.2, 0.25) is 35.4 Å². The van der Waals surface area contributed by atoms with Crippen LogP contribution in [0, 0.1) is 0 Å². The highest BCUT2D eigenvalue weighted by Crippen LogP contribution is 2.04. The Balaban J connectivity index is 2.90. The van der Waals surface area contributed by atoms with E-state index in [1.165, 1.54) is 26.4 Å². The minimum atomic E-state index is -1.52. The molecule has 0 fully saturated rings. The van der Waals surface area contributed by atoms with E-state index in [9.17, 15) is 48.3 Å². The van der Waals surface area contributed by atoms with E-state index in [0.717, 1.165) is 0 Å². The molecule has 0 aliphatic heterocycles. The summed E-state index contributed by atoms with van der Waals surface area (Å²) >= 11 is 0. The maximum Gasteiger partial charge on any atom is 0.326 e. The van der Waals surface area contributed by atoms with Gasteiger partial charge in [0.15, 0.2) is 0 Å². The average molecular weight is 741 g/mol. The van der Waals surface area contributed by atoms with Crippen molar-refractivity contribution >= 4 is 53.4 Å². The fourth-order valence-electron chi connectivity index (χ4n) is 4.41. The number of aromatic nitrogens is 2. The largest absolute Gasteiger partial charge is 0.481 e. The molecular weight excluding hydrogens is 692 g/mol. The van der Waals surface area contributed by atoms with Gasteiger partial charge in [-0.25, -0.2) is 9.78 Å². The molecule has 1 heterocycles. The van der Waals surface area contributed by atoms with Crippen LogP contribution >= 0.6 is 0 Å². The molecule has 52 heavy (non-hydrogen) atoms. The van der Waals surface area contributed by atoms with Crippen molar-refractivity contribution < 1.29 is 58.5 Å². The van der Waals surface area contributed by atoms with Gasteiger partial charge in [0.05, 0.1) is 24.6 Å². The Morgan fingerprint density at radius 2 is 1.29 bits per heavy atom. The van der Waals surface area contributed by atoms with Gasteiger partial charge in [0.1, 0.15) is 30.2 Å². The Morgan fingerprint density at radius 1 is 0.712 bits per heavy atom. The molecule has 290 valence electrons. The van der Waals surface area contributed by atoms with Gasteiger partial charge in [-0.2, -0.15) is 0 Å². The topological polar surface area (TPSA) is 367 Å². The molecule has 14 N–H and O–H groups in total. The summed E-state index contributed by atoms with van der Waals surface area (Å²) in [5, 5.41) is 41.1. The second-order valence-electron chi connectivity index (χ2n) is 11.8. The lowest BCUT2D eigenvalue weighted by molar-refractivity contribution is -0.143. The molecule has 22 nitrogen and oxygen atoms in total. The van der Waals surface area contributed by atoms with E-state index in [0.29, 0.717) is 18.5 Å². The number of carboxylic acids is 3. The first-order valence-corrected chi connectivity index (χ1v) is 16.3. The van der Waals surface area contributed by atoms with Gasteiger partial charge in [-0.15, -0.1) is 0 Å². The maximum atomic E-state index is 13.2. The van der Waals surface area contributed by atoms with Gasteiger partial charge in [-0.05, 0) is 52.5 Å². The van der Waals surface area contributed by atoms with Crippen molar-refractivity contribution in [2.24, 2.45) is 11.5 Å². The number of aromatic amines is 1. The van der Waals surface area contributed by atoms with Crippen LogP contribution in [0.1, 0.15) is 64.5 Å². The number of rotatable bonds is 25. The van der Waals surface area contributed by atoms with Crippen molar-refractivity contribution in [3.63, 3.8) is 0 Å². The van der Waals surface area contributed by atoms with Crippen molar-refractivity contribution in [1.29, 1.82) is 0 Å². The van der Waals surface area contributed by atoms with E-state index < -0.39 is 109 Å². The van der Waals surface area contributed by atoms with Crippen molar-refractivity contribution in [1.82, 2.24) is 41.9 Å². The number of carboxylic acid groups (broad SMARTS) is 3. The highest BCUT2D eigenvalue weighted by molar-refractivity contribution is 5.96. The molecule has 0 saturated heterocycles. The third kappa shape index (κ3) is 17.3. The summed E-state index contributed by atoms with van der Waals surface area (Å²) in [5.41, 5.74) is 11.6. The lowest BCUT2D eigenvalue weighted by atomic mass is 10.1. The van der Waals surface area contributed by atoms with Crippen LogP contribution < -0.4 is 43.4 Å². The number of imidazole rings is 1. The van der Waals surface area contributed by atoms with E-state index in [1.54, 1.807) is 0 Å². The predicted molar refractivity (Wildman–Crippen MR) is 179 cm³/mol. The minimum absolute atomic E-state index is 0.0782. The molecular formula is C30H48N10O12. The first kappa shape index (κ1) is 44.4. The first-order valence-electron chi connectivity index (χ1n) is 16.3. The molecule has 22 heteroatoms. The maximum absolute atomic E-state index is 13.2. The van der Waals surface area contributed by atoms with E-state index in [4.69, 9.17) is 21.7 Å². The van der Waals surface area contributed by atoms with Gasteiger partial charge < -0.3 is 63.7 Å². The molecule has 0 saturated carbocycles. The van der Waals surface area contributed by atoms with E-state index in [1.807, 2.05) is 0 Å². The number of amides is 6. The molecule has 0 aromatic carbocycles. The molecule has 1 rings (SSSR count). The average Bonchev–Trinajstić information content (AvgIpc) is 3.59. The SMILES string of the molecule is C[C@H](NC(=O)[C@H](CCCCN)NC(=O)CNC(=O)[C@H](Cc1c[nH]cn1)NC(=O)[C@H](C)NC(=O)[C@@H](N)CCC(=O)O)C(=O)N[C@@H](CCC(=O)O)C(=O)O. The zero-order valence-electron chi connectivity index (χ0n) is 28.8. The number of nitrogens with two attached hydrogens (primary N) is 2. The zero-order chi connectivity index (χ0) is 39.4. The fourth-order valence-corrected chi connectivity index (χ4v) is 4.41. The van der Waals surface area contributed by atoms with Gasteiger partial charge in [0, 0.05) is 25.5 Å². The molecule has 0 bridgehead atoms. The van der Waals surface area contributed by atoms with Crippen LogP contribution in [0.4, 0.5) is 0 Å². The second-order valence-corrected chi connectivity index (χ2v) is 11.8. The summed E-state index contributed by atoms with van der Waals surface area (Å²) < 4.78 is 0. The highest BCUT2D eigenvalue weighted by atomic mass is 16.4. The minimum Gasteiger partial charge on any atom is -0.481 e. The van der Waals surface area contributed by atoms with Crippen molar-refractivity contribution in [3.8, 4) is 0 Å². The summed E-state index contributed by atoms with van der Waals surface area (Å²) in [5.74, 6) is -8.83. The fraction of sp³-hybridized carbons (Fsp3) is 0.600. The molecule has 0 radical (unpaired) electrons. The van der Waals surface area contributed by atoms with E-state index >= 15 is 0 Å². The first-order chi connectivity index (χ1) is 24.4. The summed E-state index contributed by atoms with van der Waals surface area (Å²) in [4.78, 5) is 117. The number of hydrogen-bond acceptors (Lipinski definition) is 12. The Morgan fingerprint density at radius 3 is 1.83 bits per heavy atom. The van der Waals surface area contributed by atoms with Crippen LogP contribution in [0.3, 0.4) is 0 Å². The molecule has 0 aliphatic rings. The van der Waals surface area contributed by atoms with Crippen LogP contribution in [-0.4, -0.2) is 128 Å². The number of H-pyrrole nitrogens is 1. The summed E-state index contributed by atoms with van der Waals surface area (Å²) in [6, 6.07) is -7.71. The van der Waals surface area contributed by atoms with Gasteiger partial charge >= 0.3 is 17.9 Å². The third-order valence-corrected chi connectivity index (χ3v) is 7.39. The molecule has 6 amide bonds. The van der Waals surface area contributed by atoms with Crippen LogP contribution in [0.25, 0.3) is 0 Å². The summed E-state index contributed by atoms with van der Waals surface area (Å²) in [7, 11) is 0. The molecule has 0 aliphatic carbocycles. The van der Waals surface area contributed by atoms with Gasteiger partial charge in [-0.1, -0.05) is 0 Å². The quantitative estimate of drug-likeness (QED) is 0.0423. The Labute approximate surface area is 298 Å². The normalized spacial score (nSPS) is 14.2. The molecule has 1 aromatic rings. The Bertz CT molecular complexity index is 1410. The predicted octanol–water partition coefficient (Wildman–Crippen LogP) is -4.20. The Hall–Kier alpha value is -5.64. The van der Waals surface area contributed by atoms with Crippen molar-refractivity contribution in [3.05, 3.63) is 18.2 Å². The lowest BCUT2D eigenvalue weighted by Crippen LogP contribution is -2.57. The van der Waals surface area contributed by atoms with Crippen LogP contribution in [-0.2, 0) is 49.6 Å².